The molecule has 0 bridgehead atoms. The van der Waals surface area contributed by atoms with E-state index < -0.39 is 22.0 Å². The Labute approximate surface area is 177 Å². The lowest BCUT2D eigenvalue weighted by molar-refractivity contribution is -0.119. The van der Waals surface area contributed by atoms with Gasteiger partial charge in [0.15, 0.2) is 0 Å². The Kier molecular flexibility index (Phi) is 5.84. The van der Waals surface area contributed by atoms with Crippen molar-refractivity contribution in [2.24, 2.45) is 0 Å². The summed E-state index contributed by atoms with van der Waals surface area (Å²) in [4.78, 5) is 12.7. The quantitative estimate of drug-likeness (QED) is 0.591. The van der Waals surface area contributed by atoms with Crippen LogP contribution in [-0.2, 0) is 14.8 Å². The van der Waals surface area contributed by atoms with Gasteiger partial charge in [-0.15, -0.1) is 16.4 Å². The van der Waals surface area contributed by atoms with Gasteiger partial charge in [0.2, 0.25) is 11.8 Å². The van der Waals surface area contributed by atoms with Crippen LogP contribution >= 0.6 is 11.3 Å². The smallest absolute Gasteiger partial charge is 0.322 e. The molecule has 1 atom stereocenters. The summed E-state index contributed by atoms with van der Waals surface area (Å²) in [5, 5.41) is 12.0. The van der Waals surface area contributed by atoms with E-state index in [0.717, 1.165) is 17.1 Å². The Hall–Kier alpha value is -2.76. The van der Waals surface area contributed by atoms with Crippen LogP contribution < -0.4 is 10.1 Å². The highest BCUT2D eigenvalue weighted by Crippen LogP contribution is 2.29. The molecule has 3 aromatic rings. The standard InChI is InChI=1S/C19H20N4O5S2/c1-2-27-14-9-7-13(8-10-14)18-21-22-19(28-18)20-17(24)15-5-3-11-23(15)30(25,26)16-6-4-12-29-16/h4,6-10,12,15H,2-3,5,11H2,1H3,(H,20,22,24). The molecule has 1 aromatic carbocycles. The zero-order chi connectivity index (χ0) is 21.1. The highest BCUT2D eigenvalue weighted by atomic mass is 32.2. The molecule has 158 valence electrons. The number of anilines is 1. The molecule has 1 saturated heterocycles. The molecule has 30 heavy (non-hydrogen) atoms. The average molecular weight is 449 g/mol. The molecule has 0 spiro atoms. The largest absolute Gasteiger partial charge is 0.494 e. The molecular formula is C19H20N4O5S2. The number of sulfonamides is 1. The van der Waals surface area contributed by atoms with Crippen LogP contribution in [0.3, 0.4) is 0 Å². The van der Waals surface area contributed by atoms with Gasteiger partial charge >= 0.3 is 6.01 Å². The normalized spacial score (nSPS) is 17.2. The van der Waals surface area contributed by atoms with Crippen molar-refractivity contribution in [3.63, 3.8) is 0 Å². The van der Waals surface area contributed by atoms with Crippen LogP contribution in [0, 0.1) is 0 Å². The van der Waals surface area contributed by atoms with Crippen molar-refractivity contribution in [1.29, 1.82) is 0 Å². The number of hydrogen-bond acceptors (Lipinski definition) is 8. The molecule has 9 nitrogen and oxygen atoms in total. The number of benzene rings is 1. The van der Waals surface area contributed by atoms with E-state index in [-0.39, 0.29) is 16.1 Å². The summed E-state index contributed by atoms with van der Waals surface area (Å²) in [6.07, 6.45) is 1.03. The first-order chi connectivity index (χ1) is 14.5. The lowest BCUT2D eigenvalue weighted by atomic mass is 10.2. The monoisotopic (exact) mass is 448 g/mol. The highest BCUT2D eigenvalue weighted by Gasteiger charge is 2.40. The van der Waals surface area contributed by atoms with Crippen LogP contribution in [0.5, 0.6) is 5.75 Å². The number of nitrogens with zero attached hydrogens (tertiary/aromatic N) is 3. The Bertz CT molecular complexity index is 1110. The van der Waals surface area contributed by atoms with Crippen molar-refractivity contribution >= 4 is 33.3 Å². The molecule has 0 aliphatic carbocycles. The summed E-state index contributed by atoms with van der Waals surface area (Å²) >= 11 is 1.13. The second-order valence-electron chi connectivity index (χ2n) is 6.56. The molecule has 0 radical (unpaired) electrons. The molecule has 4 rings (SSSR count). The number of rotatable bonds is 7. The highest BCUT2D eigenvalue weighted by molar-refractivity contribution is 7.91. The number of carbonyl (C=O) groups excluding carboxylic acids is 1. The third-order valence-electron chi connectivity index (χ3n) is 4.63. The van der Waals surface area contributed by atoms with Crippen LogP contribution in [-0.4, -0.2) is 48.0 Å². The maximum Gasteiger partial charge on any atom is 0.322 e. The second-order valence-corrected chi connectivity index (χ2v) is 9.63. The SMILES string of the molecule is CCOc1ccc(-c2nnc(NC(=O)C3CCCN3S(=O)(=O)c3cccs3)o2)cc1. The fourth-order valence-corrected chi connectivity index (χ4v) is 6.03. The average Bonchev–Trinajstić information content (AvgIpc) is 3.49. The third-order valence-corrected chi connectivity index (χ3v) is 7.91. The van der Waals surface area contributed by atoms with Gasteiger partial charge in [-0.3, -0.25) is 10.1 Å². The molecule has 11 heteroatoms. The zero-order valence-corrected chi connectivity index (χ0v) is 17.8. The molecule has 1 aliphatic rings. The molecule has 2 aromatic heterocycles. The summed E-state index contributed by atoms with van der Waals surface area (Å²) in [5.74, 6) is 0.472. The van der Waals surface area contributed by atoms with Gasteiger partial charge in [-0.05, 0) is 55.5 Å². The maximum absolute atomic E-state index is 12.8. The van der Waals surface area contributed by atoms with E-state index in [9.17, 15) is 13.2 Å². The third kappa shape index (κ3) is 4.09. The van der Waals surface area contributed by atoms with Gasteiger partial charge in [0, 0.05) is 12.1 Å². The van der Waals surface area contributed by atoms with Crippen molar-refractivity contribution in [2.75, 3.05) is 18.5 Å². The van der Waals surface area contributed by atoms with Gasteiger partial charge in [-0.1, -0.05) is 11.2 Å². The molecule has 1 unspecified atom stereocenters. The van der Waals surface area contributed by atoms with E-state index in [4.69, 9.17) is 9.15 Å². The molecule has 1 amide bonds. The van der Waals surface area contributed by atoms with E-state index in [2.05, 4.69) is 15.5 Å². The fraction of sp³-hybridized carbons (Fsp3) is 0.316. The van der Waals surface area contributed by atoms with E-state index in [1.165, 1.54) is 10.4 Å². The minimum absolute atomic E-state index is 0.0794. The number of carbonyl (C=O) groups is 1. The summed E-state index contributed by atoms with van der Waals surface area (Å²) in [7, 11) is -3.72. The first-order valence-corrected chi connectivity index (χ1v) is 11.7. The number of nitrogens with one attached hydrogen (secondary N) is 1. The van der Waals surface area contributed by atoms with Crippen molar-refractivity contribution in [3.8, 4) is 17.2 Å². The summed E-state index contributed by atoms with van der Waals surface area (Å²) in [6, 6.07) is 9.42. The van der Waals surface area contributed by atoms with Crippen LogP contribution in [0.1, 0.15) is 19.8 Å². The van der Waals surface area contributed by atoms with Crippen LogP contribution in [0.2, 0.25) is 0 Å². The van der Waals surface area contributed by atoms with Gasteiger partial charge in [-0.2, -0.15) is 4.31 Å². The Morgan fingerprint density at radius 1 is 1.30 bits per heavy atom. The van der Waals surface area contributed by atoms with Crippen molar-refractivity contribution < 1.29 is 22.4 Å². The van der Waals surface area contributed by atoms with Crippen LogP contribution in [0.15, 0.2) is 50.4 Å². The summed E-state index contributed by atoms with van der Waals surface area (Å²) < 4.78 is 38.0. The number of aromatic nitrogens is 2. The number of hydrogen-bond donors (Lipinski definition) is 1. The Morgan fingerprint density at radius 2 is 2.10 bits per heavy atom. The maximum atomic E-state index is 12.8. The van der Waals surface area contributed by atoms with Crippen molar-refractivity contribution in [1.82, 2.24) is 14.5 Å². The van der Waals surface area contributed by atoms with Crippen LogP contribution in [0.4, 0.5) is 6.01 Å². The predicted octanol–water partition coefficient (Wildman–Crippen LogP) is 2.99. The lowest BCUT2D eigenvalue weighted by Crippen LogP contribution is -2.42. The zero-order valence-electron chi connectivity index (χ0n) is 16.1. The predicted molar refractivity (Wildman–Crippen MR) is 111 cm³/mol. The van der Waals surface area contributed by atoms with Gasteiger partial charge in [0.05, 0.1) is 6.61 Å². The minimum atomic E-state index is -3.72. The molecular weight excluding hydrogens is 428 g/mol. The Balaban J connectivity index is 1.46. The van der Waals surface area contributed by atoms with Gasteiger partial charge in [-0.25, -0.2) is 8.42 Å². The van der Waals surface area contributed by atoms with Gasteiger partial charge < -0.3 is 9.15 Å². The summed E-state index contributed by atoms with van der Waals surface area (Å²) in [5.41, 5.74) is 0.675. The van der Waals surface area contributed by atoms with Gasteiger partial charge in [0.25, 0.3) is 10.0 Å². The minimum Gasteiger partial charge on any atom is -0.494 e. The number of ether oxygens (including phenoxy) is 1. The first-order valence-electron chi connectivity index (χ1n) is 9.42. The Morgan fingerprint density at radius 3 is 2.80 bits per heavy atom. The molecule has 3 heterocycles. The fourth-order valence-electron chi connectivity index (χ4n) is 3.26. The van der Waals surface area contributed by atoms with E-state index in [0.29, 0.717) is 31.6 Å². The van der Waals surface area contributed by atoms with Crippen molar-refractivity contribution in [2.45, 2.75) is 30.0 Å². The van der Waals surface area contributed by atoms with E-state index in [1.54, 1.807) is 35.7 Å². The summed E-state index contributed by atoms with van der Waals surface area (Å²) in [6.45, 7) is 2.76. The second kappa shape index (κ2) is 8.54. The lowest BCUT2D eigenvalue weighted by Gasteiger charge is -2.21. The molecule has 1 N–H and O–H groups in total. The molecule has 1 fully saturated rings. The van der Waals surface area contributed by atoms with E-state index in [1.807, 2.05) is 6.92 Å². The molecule has 1 aliphatic heterocycles. The first kappa shape index (κ1) is 20.5. The van der Waals surface area contributed by atoms with Gasteiger partial charge in [0.1, 0.15) is 16.0 Å². The van der Waals surface area contributed by atoms with E-state index >= 15 is 0 Å². The van der Waals surface area contributed by atoms with Crippen LogP contribution in [0.25, 0.3) is 11.5 Å². The topological polar surface area (TPSA) is 115 Å². The molecule has 0 saturated carbocycles. The number of thiophene rings is 1. The van der Waals surface area contributed by atoms with Crippen molar-refractivity contribution in [3.05, 3.63) is 41.8 Å². The number of amides is 1.